The number of thioether (sulfide) groups is 1. The van der Waals surface area contributed by atoms with E-state index >= 15 is 0 Å². The predicted octanol–water partition coefficient (Wildman–Crippen LogP) is 5.52. The van der Waals surface area contributed by atoms with Gasteiger partial charge in [-0.25, -0.2) is 4.79 Å². The van der Waals surface area contributed by atoms with Gasteiger partial charge in [0.25, 0.3) is 0 Å². The van der Waals surface area contributed by atoms with Crippen LogP contribution < -0.4 is 5.32 Å². The third kappa shape index (κ3) is 5.98. The molecule has 4 rings (SSSR count). The summed E-state index contributed by atoms with van der Waals surface area (Å²) in [6.07, 6.45) is 0.675. The quantitative estimate of drug-likeness (QED) is 0.225. The first-order valence-corrected chi connectivity index (χ1v) is 13.2. The number of hydrogen-bond donors (Lipinski definition) is 1. The van der Waals surface area contributed by atoms with Gasteiger partial charge in [-0.1, -0.05) is 72.4 Å². The van der Waals surface area contributed by atoms with Gasteiger partial charge >= 0.3 is 5.97 Å². The Hall–Kier alpha value is -3.43. The van der Waals surface area contributed by atoms with E-state index in [9.17, 15) is 9.59 Å². The Morgan fingerprint density at radius 2 is 1.74 bits per heavy atom. The number of amides is 1. The second-order valence-electron chi connectivity index (χ2n) is 7.58. The average Bonchev–Trinajstić information content (AvgIpc) is 3.47. The smallest absolute Gasteiger partial charge is 0.341 e. The van der Waals surface area contributed by atoms with Crippen LogP contribution in [0.25, 0.3) is 11.1 Å². The summed E-state index contributed by atoms with van der Waals surface area (Å²) in [4.78, 5) is 25.6. The summed E-state index contributed by atoms with van der Waals surface area (Å²) in [6, 6.07) is 19.7. The van der Waals surface area contributed by atoms with Crippen molar-refractivity contribution in [3.63, 3.8) is 0 Å². The molecule has 0 aliphatic rings. The van der Waals surface area contributed by atoms with Crippen LogP contribution in [0.2, 0.25) is 0 Å². The molecule has 0 atom stereocenters. The molecule has 0 spiro atoms. The summed E-state index contributed by atoms with van der Waals surface area (Å²) in [7, 11) is 0. The van der Waals surface area contributed by atoms with E-state index in [-0.39, 0.29) is 18.3 Å². The van der Waals surface area contributed by atoms with Crippen LogP contribution in [0.1, 0.15) is 35.6 Å². The molecule has 1 N–H and O–H groups in total. The number of ether oxygens (including phenoxy) is 1. The summed E-state index contributed by atoms with van der Waals surface area (Å²) in [5.74, 6) is 0.325. The number of nitrogens with one attached hydrogen (secondary N) is 1. The fraction of sp³-hybridized carbons (Fsp3) is 0.231. The molecule has 1 amide bonds. The predicted molar refractivity (Wildman–Crippen MR) is 140 cm³/mol. The Labute approximate surface area is 212 Å². The number of carbonyl (C=O) groups excluding carboxylic acids is 2. The highest BCUT2D eigenvalue weighted by atomic mass is 32.2. The number of benzene rings is 2. The van der Waals surface area contributed by atoms with E-state index in [1.165, 1.54) is 23.1 Å². The third-order valence-corrected chi connectivity index (χ3v) is 7.12. The van der Waals surface area contributed by atoms with E-state index in [1.807, 2.05) is 65.4 Å². The first kappa shape index (κ1) is 24.7. The first-order chi connectivity index (χ1) is 17.1. The van der Waals surface area contributed by atoms with Gasteiger partial charge in [0, 0.05) is 23.9 Å². The van der Waals surface area contributed by atoms with Crippen molar-refractivity contribution < 1.29 is 14.3 Å². The van der Waals surface area contributed by atoms with E-state index in [2.05, 4.69) is 27.6 Å². The summed E-state index contributed by atoms with van der Waals surface area (Å²) >= 11 is 2.64. The summed E-state index contributed by atoms with van der Waals surface area (Å²) in [5, 5.41) is 14.6. The zero-order valence-electron chi connectivity index (χ0n) is 19.6. The molecule has 180 valence electrons. The van der Waals surface area contributed by atoms with Crippen LogP contribution in [0.4, 0.5) is 5.00 Å². The lowest BCUT2D eigenvalue weighted by atomic mass is 10.0. The van der Waals surface area contributed by atoms with Crippen molar-refractivity contribution in [2.24, 2.45) is 0 Å². The molecule has 0 unspecified atom stereocenters. The maximum Gasteiger partial charge on any atom is 0.341 e. The Kier molecular flexibility index (Phi) is 8.33. The van der Waals surface area contributed by atoms with Crippen molar-refractivity contribution in [1.29, 1.82) is 0 Å². The number of anilines is 1. The van der Waals surface area contributed by atoms with E-state index in [4.69, 9.17) is 4.74 Å². The highest BCUT2D eigenvalue weighted by Gasteiger charge is 2.23. The molecule has 7 nitrogen and oxygen atoms in total. The van der Waals surface area contributed by atoms with Gasteiger partial charge in [0.2, 0.25) is 5.91 Å². The summed E-state index contributed by atoms with van der Waals surface area (Å²) in [6.45, 7) is 4.75. The maximum absolute atomic E-state index is 12.8. The number of aromatic nitrogens is 3. The fourth-order valence-corrected chi connectivity index (χ4v) is 5.43. The lowest BCUT2D eigenvalue weighted by Gasteiger charge is -2.09. The minimum atomic E-state index is -0.452. The van der Waals surface area contributed by atoms with Crippen LogP contribution in [0.5, 0.6) is 0 Å². The molecule has 0 aliphatic carbocycles. The van der Waals surface area contributed by atoms with E-state index in [0.29, 0.717) is 28.7 Å². The van der Waals surface area contributed by atoms with E-state index in [0.717, 1.165) is 22.5 Å². The van der Waals surface area contributed by atoms with Crippen molar-refractivity contribution in [1.82, 2.24) is 14.8 Å². The molecule has 4 aromatic rings. The van der Waals surface area contributed by atoms with Crippen molar-refractivity contribution in [3.8, 4) is 11.1 Å². The number of nitrogens with zero attached hydrogens (tertiary/aromatic N) is 3. The van der Waals surface area contributed by atoms with Crippen molar-refractivity contribution >= 4 is 40.0 Å². The maximum atomic E-state index is 12.8. The zero-order valence-corrected chi connectivity index (χ0v) is 21.2. The Bertz CT molecular complexity index is 1290. The largest absolute Gasteiger partial charge is 0.462 e. The molecule has 0 saturated heterocycles. The van der Waals surface area contributed by atoms with Gasteiger partial charge in [-0.2, -0.15) is 0 Å². The zero-order chi connectivity index (χ0) is 24.6. The van der Waals surface area contributed by atoms with Crippen molar-refractivity contribution in [3.05, 3.63) is 83.0 Å². The number of rotatable bonds is 10. The van der Waals surface area contributed by atoms with Crippen LogP contribution in [0, 0.1) is 0 Å². The molecule has 2 heterocycles. The second kappa shape index (κ2) is 11.8. The molecule has 0 radical (unpaired) electrons. The molecule has 0 bridgehead atoms. The van der Waals surface area contributed by atoms with E-state index < -0.39 is 5.97 Å². The van der Waals surface area contributed by atoms with Crippen molar-refractivity contribution in [2.75, 3.05) is 17.7 Å². The highest BCUT2D eigenvalue weighted by Crippen LogP contribution is 2.36. The molecular formula is C26H26N4O3S2. The van der Waals surface area contributed by atoms with Gasteiger partial charge in [-0.15, -0.1) is 21.5 Å². The van der Waals surface area contributed by atoms with Gasteiger partial charge < -0.3 is 14.6 Å². The number of carbonyl (C=O) groups is 2. The molecule has 0 fully saturated rings. The standard InChI is InChI=1S/C26H26N4O3S2/c1-3-30-21(15-18-11-7-5-8-12-18)28-29-26(30)35-17-22(31)27-24-23(25(32)33-4-2)20(16-34-24)19-13-9-6-10-14-19/h5-14,16H,3-4,15,17H2,1-2H3,(H,27,31). The average molecular weight is 507 g/mol. The summed E-state index contributed by atoms with van der Waals surface area (Å²) in [5.41, 5.74) is 3.17. The molecule has 0 aliphatic heterocycles. The van der Waals surface area contributed by atoms with Gasteiger partial charge in [0.1, 0.15) is 16.4 Å². The normalized spacial score (nSPS) is 10.8. The Morgan fingerprint density at radius 3 is 2.43 bits per heavy atom. The van der Waals surface area contributed by atoms with Crippen LogP contribution in [0.15, 0.2) is 71.2 Å². The van der Waals surface area contributed by atoms with Gasteiger partial charge in [0.15, 0.2) is 5.16 Å². The molecule has 2 aromatic carbocycles. The lowest BCUT2D eigenvalue weighted by molar-refractivity contribution is -0.113. The Balaban J connectivity index is 1.46. The SMILES string of the molecule is CCOC(=O)c1c(-c2ccccc2)csc1NC(=O)CSc1nnc(Cc2ccccc2)n1CC. The second-order valence-corrected chi connectivity index (χ2v) is 9.40. The minimum absolute atomic E-state index is 0.143. The van der Waals surface area contributed by atoms with Crippen LogP contribution >= 0.6 is 23.1 Å². The topological polar surface area (TPSA) is 86.1 Å². The van der Waals surface area contributed by atoms with Gasteiger partial charge in [0.05, 0.1) is 12.4 Å². The Morgan fingerprint density at radius 1 is 1.03 bits per heavy atom. The summed E-state index contributed by atoms with van der Waals surface area (Å²) < 4.78 is 7.29. The first-order valence-electron chi connectivity index (χ1n) is 11.3. The van der Waals surface area contributed by atoms with Crippen LogP contribution in [-0.2, 0) is 22.5 Å². The van der Waals surface area contributed by atoms with Gasteiger partial charge in [-0.3, -0.25) is 4.79 Å². The third-order valence-electron chi connectivity index (χ3n) is 5.26. The van der Waals surface area contributed by atoms with Crippen molar-refractivity contribution in [2.45, 2.75) is 32.0 Å². The lowest BCUT2D eigenvalue weighted by Crippen LogP contribution is -2.17. The highest BCUT2D eigenvalue weighted by molar-refractivity contribution is 7.99. The molecule has 0 saturated carbocycles. The van der Waals surface area contributed by atoms with Crippen LogP contribution in [-0.4, -0.2) is 39.0 Å². The fourth-order valence-electron chi connectivity index (χ4n) is 3.63. The number of esters is 1. The van der Waals surface area contributed by atoms with E-state index in [1.54, 1.807) is 6.92 Å². The minimum Gasteiger partial charge on any atom is -0.462 e. The van der Waals surface area contributed by atoms with Gasteiger partial charge in [-0.05, 0) is 25.0 Å². The molecule has 2 aromatic heterocycles. The molecular weight excluding hydrogens is 480 g/mol. The molecule has 9 heteroatoms. The molecule has 35 heavy (non-hydrogen) atoms. The number of hydrogen-bond acceptors (Lipinski definition) is 7. The monoisotopic (exact) mass is 506 g/mol. The van der Waals surface area contributed by atoms with Crippen LogP contribution in [0.3, 0.4) is 0 Å². The number of thiophene rings is 1.